The van der Waals surface area contributed by atoms with Crippen molar-refractivity contribution in [3.63, 3.8) is 0 Å². The molecule has 0 aliphatic rings. The number of benzene rings is 1. The summed E-state index contributed by atoms with van der Waals surface area (Å²) < 4.78 is 9.95. The summed E-state index contributed by atoms with van der Waals surface area (Å²) in [5, 5.41) is 2.61. The maximum absolute atomic E-state index is 11.3. The first-order chi connectivity index (χ1) is 8.26. The summed E-state index contributed by atoms with van der Waals surface area (Å²) in [7, 11) is 0. The number of carbonyl (C=O) groups excluding carboxylic acids is 1. The van der Waals surface area contributed by atoms with E-state index in [1.807, 2.05) is 19.1 Å². The Hall–Kier alpha value is -1.59. The van der Waals surface area contributed by atoms with Crippen LogP contribution in [0.3, 0.4) is 0 Å². The fourth-order valence-corrected chi connectivity index (χ4v) is 1.22. The molecule has 0 aliphatic carbocycles. The van der Waals surface area contributed by atoms with Crippen LogP contribution in [0.5, 0.6) is 0 Å². The van der Waals surface area contributed by atoms with Crippen molar-refractivity contribution >= 4 is 11.8 Å². The first-order valence-electron chi connectivity index (χ1n) is 5.56. The van der Waals surface area contributed by atoms with Gasteiger partial charge in [-0.25, -0.2) is 4.79 Å². The molecule has 0 heterocycles. The highest BCUT2D eigenvalue weighted by Gasteiger charge is 2.02. The fraction of sp³-hybridized carbons (Fsp3) is 0.417. The molecule has 1 rings (SSSR count). The van der Waals surface area contributed by atoms with Gasteiger partial charge in [-0.2, -0.15) is 0 Å². The van der Waals surface area contributed by atoms with E-state index < -0.39 is 6.09 Å². The number of carbonyl (C=O) groups is 1. The zero-order valence-corrected chi connectivity index (χ0v) is 9.94. The minimum Gasteiger partial charge on any atom is -0.447 e. The molecule has 0 bridgehead atoms. The molecular weight excluding hydrogens is 220 g/mol. The van der Waals surface area contributed by atoms with E-state index in [1.54, 1.807) is 12.1 Å². The topological polar surface area (TPSA) is 73.6 Å². The van der Waals surface area contributed by atoms with Crippen LogP contribution in [-0.2, 0) is 16.0 Å². The summed E-state index contributed by atoms with van der Waals surface area (Å²) >= 11 is 0. The molecule has 5 heteroatoms. The summed E-state index contributed by atoms with van der Waals surface area (Å²) in [6.07, 6.45) is -0.481. The van der Waals surface area contributed by atoms with E-state index in [0.29, 0.717) is 25.4 Å². The number of nitrogens with one attached hydrogen (secondary N) is 1. The lowest BCUT2D eigenvalue weighted by Gasteiger charge is -2.07. The van der Waals surface area contributed by atoms with Crippen LogP contribution < -0.4 is 11.1 Å². The Kier molecular flexibility index (Phi) is 6.06. The second-order valence-corrected chi connectivity index (χ2v) is 3.36. The van der Waals surface area contributed by atoms with Crippen molar-refractivity contribution in [1.82, 2.24) is 0 Å². The molecule has 1 amide bonds. The number of amides is 1. The fourth-order valence-electron chi connectivity index (χ4n) is 1.22. The third-order valence-electron chi connectivity index (χ3n) is 2.10. The van der Waals surface area contributed by atoms with Crippen molar-refractivity contribution in [1.29, 1.82) is 0 Å². The summed E-state index contributed by atoms with van der Waals surface area (Å²) in [5.41, 5.74) is 7.17. The molecular formula is C12H18N2O3. The normalized spacial score (nSPS) is 10.0. The van der Waals surface area contributed by atoms with E-state index in [1.165, 1.54) is 0 Å². The Labute approximate surface area is 101 Å². The Bertz CT molecular complexity index is 338. The van der Waals surface area contributed by atoms with Gasteiger partial charge in [-0.1, -0.05) is 12.1 Å². The predicted octanol–water partition coefficient (Wildman–Crippen LogP) is 1.73. The molecule has 0 unspecified atom stereocenters. The second kappa shape index (κ2) is 7.65. The Morgan fingerprint density at radius 1 is 1.29 bits per heavy atom. The lowest BCUT2D eigenvalue weighted by Crippen LogP contribution is -2.16. The molecule has 0 aliphatic heterocycles. The van der Waals surface area contributed by atoms with Crippen LogP contribution in [0.4, 0.5) is 10.5 Å². The average Bonchev–Trinajstić information content (AvgIpc) is 2.36. The molecule has 3 N–H and O–H groups in total. The smallest absolute Gasteiger partial charge is 0.411 e. The van der Waals surface area contributed by atoms with Gasteiger partial charge in [0.1, 0.15) is 6.61 Å². The van der Waals surface area contributed by atoms with Crippen LogP contribution in [-0.4, -0.2) is 25.9 Å². The molecule has 1 aromatic carbocycles. The van der Waals surface area contributed by atoms with Crippen LogP contribution >= 0.6 is 0 Å². The van der Waals surface area contributed by atoms with Crippen molar-refractivity contribution in [2.24, 2.45) is 5.73 Å². The molecule has 0 radical (unpaired) electrons. The maximum Gasteiger partial charge on any atom is 0.411 e. The number of ether oxygens (including phenoxy) is 2. The van der Waals surface area contributed by atoms with Gasteiger partial charge in [0.05, 0.1) is 6.61 Å². The molecule has 17 heavy (non-hydrogen) atoms. The Balaban J connectivity index is 2.29. The van der Waals surface area contributed by atoms with Crippen LogP contribution in [0.15, 0.2) is 24.3 Å². The van der Waals surface area contributed by atoms with Crippen molar-refractivity contribution in [3.05, 3.63) is 29.8 Å². The van der Waals surface area contributed by atoms with E-state index in [0.717, 1.165) is 5.56 Å². The number of hydrogen-bond acceptors (Lipinski definition) is 4. The van der Waals surface area contributed by atoms with Gasteiger partial charge >= 0.3 is 6.09 Å². The third-order valence-corrected chi connectivity index (χ3v) is 2.10. The molecule has 94 valence electrons. The zero-order chi connectivity index (χ0) is 12.5. The summed E-state index contributed by atoms with van der Waals surface area (Å²) in [5.74, 6) is 0. The van der Waals surface area contributed by atoms with Gasteiger partial charge in [-0.3, -0.25) is 5.32 Å². The van der Waals surface area contributed by atoms with E-state index >= 15 is 0 Å². The summed E-state index contributed by atoms with van der Waals surface area (Å²) in [4.78, 5) is 11.3. The number of anilines is 1. The highest BCUT2D eigenvalue weighted by Crippen LogP contribution is 2.09. The van der Waals surface area contributed by atoms with E-state index in [-0.39, 0.29) is 6.61 Å². The molecule has 0 spiro atoms. The zero-order valence-electron chi connectivity index (χ0n) is 9.94. The van der Waals surface area contributed by atoms with Gasteiger partial charge in [-0.05, 0) is 24.6 Å². The molecule has 0 atom stereocenters. The number of hydrogen-bond donors (Lipinski definition) is 2. The average molecular weight is 238 g/mol. The van der Waals surface area contributed by atoms with Crippen LogP contribution in [0.25, 0.3) is 0 Å². The summed E-state index contributed by atoms with van der Waals surface area (Å²) in [6, 6.07) is 7.28. The lowest BCUT2D eigenvalue weighted by atomic mass is 10.2. The minimum atomic E-state index is -0.481. The summed E-state index contributed by atoms with van der Waals surface area (Å²) in [6.45, 7) is 3.65. The van der Waals surface area contributed by atoms with Gasteiger partial charge in [0, 0.05) is 18.8 Å². The third kappa shape index (κ3) is 5.33. The van der Waals surface area contributed by atoms with Crippen molar-refractivity contribution in [2.75, 3.05) is 25.1 Å². The van der Waals surface area contributed by atoms with Crippen molar-refractivity contribution in [2.45, 2.75) is 13.5 Å². The first kappa shape index (κ1) is 13.5. The number of rotatable bonds is 6. The largest absolute Gasteiger partial charge is 0.447 e. The highest BCUT2D eigenvalue weighted by atomic mass is 16.6. The standard InChI is InChI=1S/C12H18N2O3/c1-2-16-7-8-17-12(15)14-11-5-3-10(9-13)4-6-11/h3-6H,2,7-9,13H2,1H3,(H,14,15). The van der Waals surface area contributed by atoms with E-state index in [9.17, 15) is 4.79 Å². The Morgan fingerprint density at radius 2 is 2.00 bits per heavy atom. The van der Waals surface area contributed by atoms with Crippen LogP contribution in [0, 0.1) is 0 Å². The SMILES string of the molecule is CCOCCOC(=O)Nc1ccc(CN)cc1. The molecule has 0 saturated carbocycles. The van der Waals surface area contributed by atoms with Gasteiger partial charge in [0.2, 0.25) is 0 Å². The quantitative estimate of drug-likeness (QED) is 0.740. The van der Waals surface area contributed by atoms with Crippen LogP contribution in [0.1, 0.15) is 12.5 Å². The lowest BCUT2D eigenvalue weighted by molar-refractivity contribution is 0.0850. The highest BCUT2D eigenvalue weighted by molar-refractivity contribution is 5.84. The molecule has 5 nitrogen and oxygen atoms in total. The molecule has 1 aromatic rings. The maximum atomic E-state index is 11.3. The van der Waals surface area contributed by atoms with E-state index in [4.69, 9.17) is 15.2 Å². The van der Waals surface area contributed by atoms with Crippen molar-refractivity contribution < 1.29 is 14.3 Å². The second-order valence-electron chi connectivity index (χ2n) is 3.36. The molecule has 0 fully saturated rings. The molecule has 0 saturated heterocycles. The van der Waals surface area contributed by atoms with E-state index in [2.05, 4.69) is 5.32 Å². The monoisotopic (exact) mass is 238 g/mol. The Morgan fingerprint density at radius 3 is 2.59 bits per heavy atom. The van der Waals surface area contributed by atoms with Crippen molar-refractivity contribution in [3.8, 4) is 0 Å². The number of nitrogens with two attached hydrogens (primary N) is 1. The minimum absolute atomic E-state index is 0.251. The van der Waals surface area contributed by atoms with Gasteiger partial charge in [-0.15, -0.1) is 0 Å². The first-order valence-corrected chi connectivity index (χ1v) is 5.56. The molecule has 0 aromatic heterocycles. The van der Waals surface area contributed by atoms with Gasteiger partial charge in [0.15, 0.2) is 0 Å². The van der Waals surface area contributed by atoms with Gasteiger partial charge < -0.3 is 15.2 Å². The van der Waals surface area contributed by atoms with Crippen LogP contribution in [0.2, 0.25) is 0 Å². The predicted molar refractivity (Wildman–Crippen MR) is 65.8 cm³/mol. The van der Waals surface area contributed by atoms with Gasteiger partial charge in [0.25, 0.3) is 0 Å².